The summed E-state index contributed by atoms with van der Waals surface area (Å²) in [7, 11) is 0. The van der Waals surface area contributed by atoms with E-state index in [-0.39, 0.29) is 11.9 Å². The van der Waals surface area contributed by atoms with Gasteiger partial charge in [0.05, 0.1) is 6.10 Å². The Labute approximate surface area is 85.5 Å². The van der Waals surface area contributed by atoms with Crippen molar-refractivity contribution in [2.45, 2.75) is 33.3 Å². The fraction of sp³-hybridized carbons (Fsp3) is 0.500. The molecule has 0 radical (unpaired) electrons. The summed E-state index contributed by atoms with van der Waals surface area (Å²) < 4.78 is 5.67. The Kier molecular flexibility index (Phi) is 3.81. The van der Waals surface area contributed by atoms with Crippen LogP contribution in [0.3, 0.4) is 0 Å². The van der Waals surface area contributed by atoms with Crippen molar-refractivity contribution < 1.29 is 9.84 Å². The van der Waals surface area contributed by atoms with Gasteiger partial charge in [-0.3, -0.25) is 0 Å². The van der Waals surface area contributed by atoms with Gasteiger partial charge in [0.15, 0.2) is 0 Å². The van der Waals surface area contributed by atoms with Crippen LogP contribution in [0, 0.1) is 5.92 Å². The molecule has 1 atom stereocenters. The zero-order chi connectivity index (χ0) is 10.6. The molecule has 2 heteroatoms. The van der Waals surface area contributed by atoms with Crippen LogP contribution in [0.5, 0.6) is 11.5 Å². The van der Waals surface area contributed by atoms with Crippen molar-refractivity contribution in [1.82, 2.24) is 0 Å². The first kappa shape index (κ1) is 10.9. The maximum absolute atomic E-state index is 9.08. The third kappa shape index (κ3) is 3.69. The van der Waals surface area contributed by atoms with E-state index in [0.717, 1.165) is 12.2 Å². The van der Waals surface area contributed by atoms with Crippen molar-refractivity contribution in [2.24, 2.45) is 5.92 Å². The van der Waals surface area contributed by atoms with Gasteiger partial charge in [0.25, 0.3) is 0 Å². The molecule has 0 spiro atoms. The highest BCUT2D eigenvalue weighted by molar-refractivity contribution is 5.30. The molecule has 0 amide bonds. The number of benzene rings is 1. The summed E-state index contributed by atoms with van der Waals surface area (Å²) in [5.74, 6) is 1.73. The van der Waals surface area contributed by atoms with Crippen LogP contribution in [0.1, 0.15) is 27.2 Å². The topological polar surface area (TPSA) is 29.5 Å². The molecule has 14 heavy (non-hydrogen) atoms. The first-order valence-electron chi connectivity index (χ1n) is 5.03. The van der Waals surface area contributed by atoms with Crippen molar-refractivity contribution in [3.05, 3.63) is 24.3 Å². The van der Waals surface area contributed by atoms with Crippen molar-refractivity contribution in [3.63, 3.8) is 0 Å². The van der Waals surface area contributed by atoms with Gasteiger partial charge in [-0.05, 0) is 43.5 Å². The molecular weight excluding hydrogens is 176 g/mol. The van der Waals surface area contributed by atoms with Crippen LogP contribution in [0.15, 0.2) is 24.3 Å². The van der Waals surface area contributed by atoms with Crippen molar-refractivity contribution in [2.75, 3.05) is 0 Å². The zero-order valence-electron chi connectivity index (χ0n) is 9.03. The van der Waals surface area contributed by atoms with Crippen LogP contribution in [0.25, 0.3) is 0 Å². The lowest BCUT2D eigenvalue weighted by Gasteiger charge is -2.16. The highest BCUT2D eigenvalue weighted by Gasteiger charge is 2.06. The molecule has 0 heterocycles. The SMILES string of the molecule is CC(C)CC(C)Oc1ccc(O)cc1. The summed E-state index contributed by atoms with van der Waals surface area (Å²) in [6.07, 6.45) is 1.26. The lowest BCUT2D eigenvalue weighted by Crippen LogP contribution is -2.14. The van der Waals surface area contributed by atoms with Gasteiger partial charge >= 0.3 is 0 Å². The molecule has 1 N–H and O–H groups in total. The predicted octanol–water partition coefficient (Wildman–Crippen LogP) is 3.21. The molecule has 0 bridgehead atoms. The number of hydrogen-bond acceptors (Lipinski definition) is 2. The van der Waals surface area contributed by atoms with Gasteiger partial charge in [-0.25, -0.2) is 0 Å². The minimum atomic E-state index is 0.222. The summed E-state index contributed by atoms with van der Waals surface area (Å²) >= 11 is 0. The summed E-state index contributed by atoms with van der Waals surface area (Å²) in [4.78, 5) is 0. The first-order chi connectivity index (χ1) is 6.58. The van der Waals surface area contributed by atoms with Crippen molar-refractivity contribution in [3.8, 4) is 11.5 Å². The van der Waals surface area contributed by atoms with Crippen LogP contribution in [-0.2, 0) is 0 Å². The fourth-order valence-corrected chi connectivity index (χ4v) is 1.47. The molecule has 1 aromatic rings. The second kappa shape index (κ2) is 4.89. The third-order valence-corrected chi connectivity index (χ3v) is 1.98. The molecule has 0 saturated carbocycles. The first-order valence-corrected chi connectivity index (χ1v) is 5.03. The maximum Gasteiger partial charge on any atom is 0.119 e. The van der Waals surface area contributed by atoms with Gasteiger partial charge in [0.2, 0.25) is 0 Å². The lowest BCUT2D eigenvalue weighted by molar-refractivity contribution is 0.193. The largest absolute Gasteiger partial charge is 0.508 e. The molecule has 2 nitrogen and oxygen atoms in total. The Hall–Kier alpha value is -1.18. The average Bonchev–Trinajstić information content (AvgIpc) is 2.07. The van der Waals surface area contributed by atoms with E-state index < -0.39 is 0 Å². The molecule has 78 valence electrons. The molecule has 1 unspecified atom stereocenters. The van der Waals surface area contributed by atoms with E-state index >= 15 is 0 Å². The van der Waals surface area contributed by atoms with Gasteiger partial charge in [0, 0.05) is 0 Å². The van der Waals surface area contributed by atoms with Gasteiger partial charge in [0.1, 0.15) is 11.5 Å². The van der Waals surface area contributed by atoms with Crippen molar-refractivity contribution in [1.29, 1.82) is 0 Å². The quantitative estimate of drug-likeness (QED) is 0.797. The van der Waals surface area contributed by atoms with Crippen LogP contribution < -0.4 is 4.74 Å². The smallest absolute Gasteiger partial charge is 0.119 e. The summed E-state index contributed by atoms with van der Waals surface area (Å²) in [6, 6.07) is 6.84. The fourth-order valence-electron chi connectivity index (χ4n) is 1.47. The second-order valence-corrected chi connectivity index (χ2v) is 4.05. The van der Waals surface area contributed by atoms with Crippen LogP contribution in [-0.4, -0.2) is 11.2 Å². The number of phenols is 1. The monoisotopic (exact) mass is 194 g/mol. The Bertz CT molecular complexity index is 264. The molecule has 1 aromatic carbocycles. The van der Waals surface area contributed by atoms with Gasteiger partial charge in [-0.1, -0.05) is 13.8 Å². The maximum atomic E-state index is 9.08. The number of phenolic OH excluding ortho intramolecular Hbond substituents is 1. The van der Waals surface area contributed by atoms with Gasteiger partial charge in [-0.15, -0.1) is 0 Å². The molecule has 0 aliphatic heterocycles. The van der Waals surface area contributed by atoms with Gasteiger partial charge < -0.3 is 9.84 Å². The zero-order valence-corrected chi connectivity index (χ0v) is 9.03. The molecule has 0 aliphatic carbocycles. The Balaban J connectivity index is 2.47. The number of hydrogen-bond donors (Lipinski definition) is 1. The Morgan fingerprint density at radius 3 is 2.21 bits per heavy atom. The van der Waals surface area contributed by atoms with Crippen LogP contribution in [0.4, 0.5) is 0 Å². The average molecular weight is 194 g/mol. The van der Waals surface area contributed by atoms with E-state index in [1.165, 1.54) is 0 Å². The normalized spacial score (nSPS) is 12.9. The lowest BCUT2D eigenvalue weighted by atomic mass is 10.1. The second-order valence-electron chi connectivity index (χ2n) is 4.05. The van der Waals surface area contributed by atoms with E-state index in [0.29, 0.717) is 5.92 Å². The van der Waals surface area contributed by atoms with E-state index in [4.69, 9.17) is 9.84 Å². The summed E-state index contributed by atoms with van der Waals surface area (Å²) in [5.41, 5.74) is 0. The number of ether oxygens (including phenoxy) is 1. The Morgan fingerprint density at radius 1 is 1.14 bits per heavy atom. The molecular formula is C12H18O2. The molecule has 0 aliphatic rings. The minimum absolute atomic E-state index is 0.222. The van der Waals surface area contributed by atoms with E-state index in [9.17, 15) is 0 Å². The highest BCUT2D eigenvalue weighted by Crippen LogP contribution is 2.18. The molecule has 0 aromatic heterocycles. The third-order valence-electron chi connectivity index (χ3n) is 1.98. The number of rotatable bonds is 4. The minimum Gasteiger partial charge on any atom is -0.508 e. The highest BCUT2D eigenvalue weighted by atomic mass is 16.5. The summed E-state index contributed by atoms with van der Waals surface area (Å²) in [6.45, 7) is 6.42. The molecule has 0 fully saturated rings. The summed E-state index contributed by atoms with van der Waals surface area (Å²) in [5, 5.41) is 9.08. The van der Waals surface area contributed by atoms with E-state index in [1.54, 1.807) is 24.3 Å². The predicted molar refractivity (Wildman–Crippen MR) is 57.7 cm³/mol. The number of aromatic hydroxyl groups is 1. The molecule has 0 saturated heterocycles. The van der Waals surface area contributed by atoms with Crippen molar-refractivity contribution >= 4 is 0 Å². The van der Waals surface area contributed by atoms with Gasteiger partial charge in [-0.2, -0.15) is 0 Å². The van der Waals surface area contributed by atoms with E-state index in [1.807, 2.05) is 0 Å². The Morgan fingerprint density at radius 2 is 1.71 bits per heavy atom. The van der Waals surface area contributed by atoms with Crippen LogP contribution in [0.2, 0.25) is 0 Å². The molecule has 1 rings (SSSR count). The van der Waals surface area contributed by atoms with Crippen LogP contribution >= 0.6 is 0 Å². The van der Waals surface area contributed by atoms with E-state index in [2.05, 4.69) is 20.8 Å². The standard InChI is InChI=1S/C12H18O2/c1-9(2)8-10(3)14-12-6-4-11(13)5-7-12/h4-7,9-10,13H,8H2,1-3H3.